The van der Waals surface area contributed by atoms with Crippen LogP contribution in [0.25, 0.3) is 10.1 Å². The van der Waals surface area contributed by atoms with E-state index in [-0.39, 0.29) is 43.1 Å². The van der Waals surface area contributed by atoms with Gasteiger partial charge in [-0.1, -0.05) is 12.1 Å². The number of nitrogens with zero attached hydrogens (tertiary/aromatic N) is 1. The molecule has 2 amide bonds. The Balaban J connectivity index is 1.50. The van der Waals surface area contributed by atoms with Gasteiger partial charge in [0, 0.05) is 26.5 Å². The van der Waals surface area contributed by atoms with Crippen molar-refractivity contribution >= 4 is 56.3 Å². The number of carbonyl (C=O) groups is 2. The summed E-state index contributed by atoms with van der Waals surface area (Å²) < 4.78 is 111. The van der Waals surface area contributed by atoms with E-state index in [4.69, 9.17) is 4.74 Å². The molecule has 1 unspecified atom stereocenters. The number of rotatable bonds is 9. The minimum Gasteiger partial charge on any atom is -0.496 e. The fraction of sp³-hybridized carbons (Fsp3) is 0.333. The molecule has 4 aromatic rings. The minimum atomic E-state index is -5.06. The summed E-state index contributed by atoms with van der Waals surface area (Å²) in [6, 6.07) is 9.57. The first-order valence-corrected chi connectivity index (χ1v) is 16.5. The van der Waals surface area contributed by atoms with Gasteiger partial charge in [-0.15, -0.1) is 11.3 Å². The molecule has 1 aliphatic rings. The molecule has 7 nitrogen and oxygen atoms in total. The van der Waals surface area contributed by atoms with E-state index < -0.39 is 46.8 Å². The van der Waals surface area contributed by atoms with Crippen LogP contribution in [-0.2, 0) is 28.2 Å². The first-order chi connectivity index (χ1) is 23.1. The van der Waals surface area contributed by atoms with Crippen LogP contribution in [0.1, 0.15) is 62.4 Å². The lowest BCUT2D eigenvalue weighted by Gasteiger charge is -2.32. The summed E-state index contributed by atoms with van der Waals surface area (Å²) in [5, 5.41) is 4.83. The molecule has 0 saturated carbocycles. The van der Waals surface area contributed by atoms with Gasteiger partial charge in [-0.2, -0.15) is 26.3 Å². The minimum absolute atomic E-state index is 0.0245. The van der Waals surface area contributed by atoms with E-state index in [0.29, 0.717) is 48.2 Å². The number of methoxy groups -OCH3 is 1. The van der Waals surface area contributed by atoms with Crippen molar-refractivity contribution in [1.29, 1.82) is 0 Å². The summed E-state index contributed by atoms with van der Waals surface area (Å²) in [6.07, 6.45) is -8.09. The maximum atomic E-state index is 13.9. The topological polar surface area (TPSA) is 87.7 Å². The van der Waals surface area contributed by atoms with Crippen LogP contribution in [0.2, 0.25) is 0 Å². The summed E-state index contributed by atoms with van der Waals surface area (Å²) in [6.45, 7) is 3.93. The standard InChI is InChI=1S/C33H28F7N3O4S2/c1-17(49-46)15-43-11-3-4-19(16-43)18-5-10-26(47-2)23(12-18)30(44)42-28-22-8-6-20(32(35,36)37)13-27(22)48-29(28)31(45)41-21-7-9-25(34)24(14-21)33(38,39)40/h5-10,12-14,17,19H,3-4,11,15-16H2,1-2H3,(H-,41,42,44,45)/p+1/t17-,19?/m0/s1. The number of likely N-dealkylation sites (tertiary alicyclic amines) is 1. The van der Waals surface area contributed by atoms with E-state index in [0.717, 1.165) is 49.2 Å². The Hall–Kier alpha value is -4.15. The molecule has 49 heavy (non-hydrogen) atoms. The van der Waals surface area contributed by atoms with Crippen molar-refractivity contribution in [3.63, 3.8) is 0 Å². The summed E-state index contributed by atoms with van der Waals surface area (Å²) in [5.41, 5.74) is -2.35. The number of halogens is 7. The molecule has 1 aliphatic heterocycles. The zero-order valence-corrected chi connectivity index (χ0v) is 27.6. The zero-order chi connectivity index (χ0) is 35.7. The van der Waals surface area contributed by atoms with Gasteiger partial charge in [-0.25, -0.2) is 4.39 Å². The number of fused-ring (bicyclic) bond motifs is 1. The Morgan fingerprint density at radius 3 is 2.43 bits per heavy atom. The SMILES string of the molecule is COc1ccc(C2CCCN(C[C@H](C)[S+]=O)C2)cc1C(=O)Nc1c(C(=O)Nc2ccc(F)c(C(F)(F)F)c2)sc2cc(C(F)(F)F)ccc12. The molecule has 3 aromatic carbocycles. The lowest BCUT2D eigenvalue weighted by Crippen LogP contribution is -2.38. The monoisotopic (exact) mass is 728 g/mol. The number of anilines is 2. The fourth-order valence-corrected chi connectivity index (χ4v) is 7.15. The molecule has 16 heteroatoms. The van der Waals surface area contributed by atoms with E-state index >= 15 is 0 Å². The highest BCUT2D eigenvalue weighted by Crippen LogP contribution is 2.41. The zero-order valence-electron chi connectivity index (χ0n) is 25.9. The lowest BCUT2D eigenvalue weighted by atomic mass is 9.89. The largest absolute Gasteiger partial charge is 0.496 e. The normalized spacial score (nSPS) is 16.3. The molecule has 2 atom stereocenters. The Morgan fingerprint density at radius 2 is 1.76 bits per heavy atom. The molecule has 0 spiro atoms. The summed E-state index contributed by atoms with van der Waals surface area (Å²) in [5.74, 6) is -3.15. The molecule has 0 bridgehead atoms. The lowest BCUT2D eigenvalue weighted by molar-refractivity contribution is -0.140. The van der Waals surface area contributed by atoms with Crippen LogP contribution < -0.4 is 15.4 Å². The summed E-state index contributed by atoms with van der Waals surface area (Å²) >= 11 is 1.12. The van der Waals surface area contributed by atoms with Gasteiger partial charge in [0.2, 0.25) is 5.25 Å². The predicted molar refractivity (Wildman–Crippen MR) is 173 cm³/mol. The first kappa shape index (κ1) is 36.1. The molecule has 260 valence electrons. The number of amides is 2. The Bertz CT molecular complexity index is 1890. The molecule has 0 aliphatic carbocycles. The number of piperidine rings is 1. The van der Waals surface area contributed by atoms with Crippen LogP contribution in [0, 0.1) is 5.82 Å². The van der Waals surface area contributed by atoms with Crippen LogP contribution >= 0.6 is 11.3 Å². The van der Waals surface area contributed by atoms with Crippen molar-refractivity contribution in [1.82, 2.24) is 4.90 Å². The number of carbonyl (C=O) groups excluding carboxylic acids is 2. The van der Waals surface area contributed by atoms with Gasteiger partial charge >= 0.3 is 24.0 Å². The first-order valence-electron chi connectivity index (χ1n) is 14.9. The highest BCUT2D eigenvalue weighted by Gasteiger charge is 2.35. The van der Waals surface area contributed by atoms with Crippen LogP contribution in [0.15, 0.2) is 54.6 Å². The number of hydrogen-bond donors (Lipinski definition) is 2. The molecular weight excluding hydrogens is 700 g/mol. The molecule has 0 radical (unpaired) electrons. The van der Waals surface area contributed by atoms with E-state index in [2.05, 4.69) is 15.5 Å². The van der Waals surface area contributed by atoms with Gasteiger partial charge < -0.3 is 15.4 Å². The van der Waals surface area contributed by atoms with E-state index in [1.54, 1.807) is 12.1 Å². The number of alkyl halides is 6. The molecule has 1 fully saturated rings. The number of thiophene rings is 1. The fourth-order valence-electron chi connectivity index (χ4n) is 5.79. The van der Waals surface area contributed by atoms with Crippen LogP contribution in [-0.4, -0.2) is 48.7 Å². The molecule has 1 aromatic heterocycles. The average molecular weight is 729 g/mol. The van der Waals surface area contributed by atoms with Gasteiger partial charge in [0.1, 0.15) is 16.4 Å². The Morgan fingerprint density at radius 1 is 1.00 bits per heavy atom. The molecule has 2 heterocycles. The van der Waals surface area contributed by atoms with E-state index in [9.17, 15) is 44.5 Å². The van der Waals surface area contributed by atoms with Gasteiger partial charge in [0.25, 0.3) is 11.8 Å². The Labute approximate surface area is 283 Å². The quantitative estimate of drug-likeness (QED) is 0.133. The van der Waals surface area contributed by atoms with Crippen molar-refractivity contribution in [3.8, 4) is 5.75 Å². The molecule has 5 rings (SSSR count). The number of benzene rings is 3. The van der Waals surface area contributed by atoms with Crippen LogP contribution in [0.5, 0.6) is 5.75 Å². The van der Waals surface area contributed by atoms with Gasteiger partial charge in [0.15, 0.2) is 0 Å². The maximum Gasteiger partial charge on any atom is 0.463 e. The van der Waals surface area contributed by atoms with Crippen molar-refractivity contribution in [2.75, 3.05) is 37.4 Å². The highest BCUT2D eigenvalue weighted by molar-refractivity contribution is 7.66. The van der Waals surface area contributed by atoms with Gasteiger partial charge in [-0.05, 0) is 80.3 Å². The second-order valence-electron chi connectivity index (χ2n) is 11.6. The van der Waals surface area contributed by atoms with Gasteiger partial charge in [0.05, 0.1) is 36.0 Å². The van der Waals surface area contributed by atoms with E-state index in [1.807, 2.05) is 13.0 Å². The predicted octanol–water partition coefficient (Wildman–Crippen LogP) is 8.59. The molecule has 2 N–H and O–H groups in total. The maximum absolute atomic E-state index is 13.9. The van der Waals surface area contributed by atoms with Crippen LogP contribution in [0.3, 0.4) is 0 Å². The third-order valence-corrected chi connectivity index (χ3v) is 9.75. The molecule has 1 saturated heterocycles. The van der Waals surface area contributed by atoms with Crippen molar-refractivity contribution in [2.45, 2.75) is 43.3 Å². The van der Waals surface area contributed by atoms with Crippen molar-refractivity contribution in [3.05, 3.63) is 87.5 Å². The Kier molecular flexibility index (Phi) is 10.6. The summed E-state index contributed by atoms with van der Waals surface area (Å²) in [4.78, 5) is 29.2. The second-order valence-corrected chi connectivity index (χ2v) is 13.6. The third-order valence-electron chi connectivity index (χ3n) is 8.12. The third kappa shape index (κ3) is 8.19. The van der Waals surface area contributed by atoms with E-state index in [1.165, 1.54) is 7.11 Å². The summed E-state index contributed by atoms with van der Waals surface area (Å²) in [7, 11) is 1.35. The van der Waals surface area contributed by atoms with Crippen molar-refractivity contribution < 1.29 is 49.3 Å². The smallest absolute Gasteiger partial charge is 0.463 e. The molecular formula is C33H29F7N3O4S2+. The van der Waals surface area contributed by atoms with Gasteiger partial charge in [-0.3, -0.25) is 14.5 Å². The highest BCUT2D eigenvalue weighted by atomic mass is 32.1. The average Bonchev–Trinajstić information content (AvgIpc) is 3.42. The van der Waals surface area contributed by atoms with Crippen LogP contribution in [0.4, 0.5) is 42.1 Å². The second kappa shape index (κ2) is 14.4. The van der Waals surface area contributed by atoms with Crippen molar-refractivity contribution in [2.24, 2.45) is 0 Å². The number of ether oxygens (including phenoxy) is 1. The number of hydrogen-bond acceptors (Lipinski definition) is 6. The number of nitrogens with one attached hydrogen (secondary N) is 2.